The van der Waals surface area contributed by atoms with Crippen LogP contribution in [0.1, 0.15) is 36.5 Å². The van der Waals surface area contributed by atoms with E-state index in [1.807, 2.05) is 0 Å². The molecule has 2 aromatic carbocycles. The van der Waals surface area contributed by atoms with E-state index in [9.17, 15) is 0 Å². The molecule has 0 heterocycles. The lowest BCUT2D eigenvalue weighted by Gasteiger charge is -2.12. The highest BCUT2D eigenvalue weighted by Crippen LogP contribution is 2.17. The first-order valence-corrected chi connectivity index (χ1v) is 7.66. The second kappa shape index (κ2) is 7.23. The Morgan fingerprint density at radius 1 is 1.10 bits per heavy atom. The van der Waals surface area contributed by atoms with E-state index in [2.05, 4.69) is 79.9 Å². The van der Waals surface area contributed by atoms with Crippen LogP contribution in [0.3, 0.4) is 0 Å². The van der Waals surface area contributed by atoms with E-state index < -0.39 is 0 Å². The molecule has 110 valence electrons. The Labute approximate surface area is 132 Å². The van der Waals surface area contributed by atoms with Crippen molar-refractivity contribution in [2.75, 3.05) is 5.32 Å². The molecule has 21 heavy (non-hydrogen) atoms. The minimum absolute atomic E-state index is 0.547. The van der Waals surface area contributed by atoms with Gasteiger partial charge in [-0.25, -0.2) is 0 Å². The van der Waals surface area contributed by atoms with Crippen molar-refractivity contribution in [3.05, 3.63) is 65.2 Å². The minimum atomic E-state index is 0.547. The molecule has 0 aliphatic rings. The number of hydrogen-bond acceptors (Lipinski definition) is 1. The summed E-state index contributed by atoms with van der Waals surface area (Å²) in [5.41, 5.74) is 4.84. The monoisotopic (exact) mass is 298 g/mol. The second-order valence-electron chi connectivity index (χ2n) is 5.57. The third-order valence-electron chi connectivity index (χ3n) is 3.37. The summed E-state index contributed by atoms with van der Waals surface area (Å²) in [6, 6.07) is 16.8. The summed E-state index contributed by atoms with van der Waals surface area (Å²) in [5, 5.41) is 7.09. The third kappa shape index (κ3) is 4.87. The van der Waals surface area contributed by atoms with Gasteiger partial charge in [-0.3, -0.25) is 0 Å². The molecule has 0 amide bonds. The fourth-order valence-corrected chi connectivity index (χ4v) is 2.32. The van der Waals surface area contributed by atoms with Gasteiger partial charge in [-0.1, -0.05) is 55.8 Å². The van der Waals surface area contributed by atoms with Gasteiger partial charge in [0.2, 0.25) is 0 Å². The number of rotatable bonds is 4. The van der Waals surface area contributed by atoms with Gasteiger partial charge in [0.25, 0.3) is 0 Å². The zero-order chi connectivity index (χ0) is 15.2. The van der Waals surface area contributed by atoms with Crippen molar-refractivity contribution < 1.29 is 0 Å². The highest BCUT2D eigenvalue weighted by atomic mass is 32.1. The maximum atomic E-state index is 5.33. The van der Waals surface area contributed by atoms with Crippen LogP contribution in [0.2, 0.25) is 0 Å². The largest absolute Gasteiger partial charge is 0.358 e. The highest BCUT2D eigenvalue weighted by molar-refractivity contribution is 7.80. The number of aryl methyl sites for hydroxylation is 1. The molecule has 2 aromatic rings. The first kappa shape index (κ1) is 15.5. The molecule has 0 atom stereocenters. The van der Waals surface area contributed by atoms with Crippen molar-refractivity contribution in [2.45, 2.75) is 33.2 Å². The molecule has 0 saturated heterocycles. The van der Waals surface area contributed by atoms with E-state index >= 15 is 0 Å². The number of nitrogens with one attached hydrogen (secondary N) is 2. The van der Waals surface area contributed by atoms with Crippen LogP contribution < -0.4 is 10.6 Å². The standard InChI is InChI=1S/C18H22N2S/c1-13(2)16-7-9-17(10-8-16)20-18(21)19-12-15-6-4-5-14(3)11-15/h4-11,13H,12H2,1-3H3,(H2,19,20,21). The van der Waals surface area contributed by atoms with E-state index in [0.717, 1.165) is 12.2 Å². The van der Waals surface area contributed by atoms with Crippen molar-refractivity contribution in [1.29, 1.82) is 0 Å². The Morgan fingerprint density at radius 2 is 1.81 bits per heavy atom. The minimum Gasteiger partial charge on any atom is -0.358 e. The van der Waals surface area contributed by atoms with Crippen molar-refractivity contribution in [3.63, 3.8) is 0 Å². The van der Waals surface area contributed by atoms with Crippen LogP contribution in [-0.2, 0) is 6.54 Å². The smallest absolute Gasteiger partial charge is 0.171 e. The molecule has 0 unspecified atom stereocenters. The zero-order valence-electron chi connectivity index (χ0n) is 12.8. The van der Waals surface area contributed by atoms with Gasteiger partial charge in [0.15, 0.2) is 5.11 Å². The summed E-state index contributed by atoms with van der Waals surface area (Å²) < 4.78 is 0. The molecule has 0 bridgehead atoms. The Balaban J connectivity index is 1.87. The Kier molecular flexibility index (Phi) is 5.34. The summed E-state index contributed by atoms with van der Waals surface area (Å²) in [6.45, 7) is 7.21. The summed E-state index contributed by atoms with van der Waals surface area (Å²) in [4.78, 5) is 0. The Morgan fingerprint density at radius 3 is 2.43 bits per heavy atom. The van der Waals surface area contributed by atoms with Crippen molar-refractivity contribution in [2.24, 2.45) is 0 Å². The Hall–Kier alpha value is -1.87. The fourth-order valence-electron chi connectivity index (χ4n) is 2.13. The summed E-state index contributed by atoms with van der Waals surface area (Å²) in [5.74, 6) is 0.547. The zero-order valence-corrected chi connectivity index (χ0v) is 13.6. The van der Waals surface area contributed by atoms with Crippen molar-refractivity contribution in [3.8, 4) is 0 Å². The van der Waals surface area contributed by atoms with E-state index in [4.69, 9.17) is 12.2 Å². The number of anilines is 1. The van der Waals surface area contributed by atoms with Gasteiger partial charge in [0.05, 0.1) is 0 Å². The van der Waals surface area contributed by atoms with Gasteiger partial charge in [-0.2, -0.15) is 0 Å². The molecule has 2 rings (SSSR count). The van der Waals surface area contributed by atoms with Crippen LogP contribution >= 0.6 is 12.2 Å². The normalized spacial score (nSPS) is 10.5. The fraction of sp³-hybridized carbons (Fsp3) is 0.278. The predicted octanol–water partition coefficient (Wildman–Crippen LogP) is 4.61. The van der Waals surface area contributed by atoms with Crippen molar-refractivity contribution in [1.82, 2.24) is 5.32 Å². The lowest BCUT2D eigenvalue weighted by Crippen LogP contribution is -2.27. The van der Waals surface area contributed by atoms with Crippen LogP contribution in [0.25, 0.3) is 0 Å². The van der Waals surface area contributed by atoms with Gasteiger partial charge < -0.3 is 10.6 Å². The van der Waals surface area contributed by atoms with Gasteiger partial charge in [-0.15, -0.1) is 0 Å². The van der Waals surface area contributed by atoms with Gasteiger partial charge in [0, 0.05) is 12.2 Å². The topological polar surface area (TPSA) is 24.1 Å². The average molecular weight is 298 g/mol. The van der Waals surface area contributed by atoms with Crippen LogP contribution in [0.5, 0.6) is 0 Å². The number of hydrogen-bond donors (Lipinski definition) is 2. The lowest BCUT2D eigenvalue weighted by atomic mass is 10.0. The molecule has 0 saturated carbocycles. The van der Waals surface area contributed by atoms with E-state index in [1.165, 1.54) is 16.7 Å². The first-order valence-electron chi connectivity index (χ1n) is 7.25. The van der Waals surface area contributed by atoms with E-state index in [0.29, 0.717) is 11.0 Å². The molecule has 0 aliphatic heterocycles. The van der Waals surface area contributed by atoms with Crippen molar-refractivity contribution >= 4 is 23.0 Å². The molecular weight excluding hydrogens is 276 g/mol. The molecule has 2 N–H and O–H groups in total. The number of thiocarbonyl (C=S) groups is 1. The predicted molar refractivity (Wildman–Crippen MR) is 94.8 cm³/mol. The molecule has 0 aromatic heterocycles. The van der Waals surface area contributed by atoms with Gasteiger partial charge >= 0.3 is 0 Å². The highest BCUT2D eigenvalue weighted by Gasteiger charge is 2.01. The van der Waals surface area contributed by atoms with Gasteiger partial charge in [0.1, 0.15) is 0 Å². The quantitative estimate of drug-likeness (QED) is 0.806. The molecule has 0 aliphatic carbocycles. The summed E-state index contributed by atoms with van der Waals surface area (Å²) in [6.07, 6.45) is 0. The second-order valence-corrected chi connectivity index (χ2v) is 5.98. The lowest BCUT2D eigenvalue weighted by molar-refractivity contribution is 0.867. The number of benzene rings is 2. The van der Waals surface area contributed by atoms with E-state index in [-0.39, 0.29) is 0 Å². The summed E-state index contributed by atoms with van der Waals surface area (Å²) in [7, 11) is 0. The molecule has 0 spiro atoms. The van der Waals surface area contributed by atoms with Crippen LogP contribution in [0.4, 0.5) is 5.69 Å². The Bertz CT molecular complexity index is 603. The first-order chi connectivity index (χ1) is 10.0. The molecule has 3 heteroatoms. The third-order valence-corrected chi connectivity index (χ3v) is 3.62. The SMILES string of the molecule is Cc1cccc(CNC(=S)Nc2ccc(C(C)C)cc2)c1. The van der Waals surface area contributed by atoms with Crippen LogP contribution in [-0.4, -0.2) is 5.11 Å². The van der Waals surface area contributed by atoms with Crippen LogP contribution in [0, 0.1) is 6.92 Å². The average Bonchev–Trinajstić information content (AvgIpc) is 2.46. The summed E-state index contributed by atoms with van der Waals surface area (Å²) >= 11 is 5.33. The maximum Gasteiger partial charge on any atom is 0.171 e. The molecule has 0 radical (unpaired) electrons. The molecular formula is C18H22N2S. The molecule has 2 nitrogen and oxygen atoms in total. The van der Waals surface area contributed by atoms with Crippen LogP contribution in [0.15, 0.2) is 48.5 Å². The van der Waals surface area contributed by atoms with Gasteiger partial charge in [-0.05, 0) is 48.3 Å². The maximum absolute atomic E-state index is 5.33. The molecule has 0 fully saturated rings. The van der Waals surface area contributed by atoms with E-state index in [1.54, 1.807) is 0 Å².